The SMILES string of the molecule is NC1Cc2cccc(O)c2CC1O. The Morgan fingerprint density at radius 3 is 2.85 bits per heavy atom. The van der Waals surface area contributed by atoms with Gasteiger partial charge in [-0.05, 0) is 23.6 Å². The number of phenolic OH excluding ortho intramolecular Hbond substituents is 1. The number of rotatable bonds is 0. The van der Waals surface area contributed by atoms with E-state index in [1.54, 1.807) is 12.1 Å². The third-order valence-corrected chi connectivity index (χ3v) is 2.61. The van der Waals surface area contributed by atoms with Crippen LogP contribution in [0.25, 0.3) is 0 Å². The standard InChI is InChI=1S/C10H13NO2/c11-8-4-6-2-1-3-9(12)7(6)5-10(8)13/h1-3,8,10,12-13H,4-5,11H2. The zero-order valence-corrected chi connectivity index (χ0v) is 7.27. The molecular weight excluding hydrogens is 166 g/mol. The molecule has 0 heterocycles. The van der Waals surface area contributed by atoms with Crippen molar-refractivity contribution in [3.05, 3.63) is 29.3 Å². The normalized spacial score (nSPS) is 26.9. The lowest BCUT2D eigenvalue weighted by Crippen LogP contribution is -2.41. The van der Waals surface area contributed by atoms with Crippen molar-refractivity contribution in [1.29, 1.82) is 0 Å². The Kier molecular flexibility index (Phi) is 1.98. The molecule has 70 valence electrons. The van der Waals surface area contributed by atoms with Crippen LogP contribution >= 0.6 is 0 Å². The third kappa shape index (κ3) is 1.41. The molecular formula is C10H13NO2. The topological polar surface area (TPSA) is 66.5 Å². The smallest absolute Gasteiger partial charge is 0.119 e. The summed E-state index contributed by atoms with van der Waals surface area (Å²) in [6, 6.07) is 5.19. The van der Waals surface area contributed by atoms with Gasteiger partial charge in [-0.15, -0.1) is 0 Å². The van der Waals surface area contributed by atoms with Crippen LogP contribution in [-0.4, -0.2) is 22.4 Å². The van der Waals surface area contributed by atoms with E-state index in [9.17, 15) is 10.2 Å². The quantitative estimate of drug-likeness (QED) is 0.532. The molecule has 0 saturated carbocycles. The molecule has 2 rings (SSSR count). The second-order valence-electron chi connectivity index (χ2n) is 3.55. The molecule has 0 aliphatic heterocycles. The lowest BCUT2D eigenvalue weighted by Gasteiger charge is -2.27. The number of aliphatic hydroxyl groups excluding tert-OH is 1. The van der Waals surface area contributed by atoms with Gasteiger partial charge < -0.3 is 15.9 Å². The maximum absolute atomic E-state index is 9.51. The van der Waals surface area contributed by atoms with Crippen LogP contribution in [0.15, 0.2) is 18.2 Å². The monoisotopic (exact) mass is 179 g/mol. The summed E-state index contributed by atoms with van der Waals surface area (Å²) in [5, 5.41) is 19.0. The fourth-order valence-electron chi connectivity index (χ4n) is 1.80. The summed E-state index contributed by atoms with van der Waals surface area (Å²) < 4.78 is 0. The first kappa shape index (κ1) is 8.53. The first-order valence-corrected chi connectivity index (χ1v) is 4.42. The Balaban J connectivity index is 2.42. The zero-order valence-electron chi connectivity index (χ0n) is 7.27. The molecule has 3 heteroatoms. The number of hydrogen-bond acceptors (Lipinski definition) is 3. The number of benzene rings is 1. The summed E-state index contributed by atoms with van der Waals surface area (Å²) in [5.74, 6) is 0.267. The highest BCUT2D eigenvalue weighted by molar-refractivity contribution is 5.42. The maximum Gasteiger partial charge on any atom is 0.119 e. The van der Waals surface area contributed by atoms with Crippen molar-refractivity contribution in [3.63, 3.8) is 0 Å². The lowest BCUT2D eigenvalue weighted by molar-refractivity contribution is 0.136. The van der Waals surface area contributed by atoms with Crippen LogP contribution in [0.3, 0.4) is 0 Å². The number of aliphatic hydroxyl groups is 1. The molecule has 0 spiro atoms. The molecule has 0 fully saturated rings. The van der Waals surface area contributed by atoms with Crippen molar-refractivity contribution in [3.8, 4) is 5.75 Å². The van der Waals surface area contributed by atoms with Crippen LogP contribution in [0.4, 0.5) is 0 Å². The zero-order chi connectivity index (χ0) is 9.42. The van der Waals surface area contributed by atoms with Gasteiger partial charge in [0.2, 0.25) is 0 Å². The van der Waals surface area contributed by atoms with Gasteiger partial charge in [0.25, 0.3) is 0 Å². The number of hydrogen-bond donors (Lipinski definition) is 3. The van der Waals surface area contributed by atoms with E-state index in [1.165, 1.54) is 0 Å². The first-order chi connectivity index (χ1) is 6.18. The number of aromatic hydroxyl groups is 1. The lowest BCUT2D eigenvalue weighted by atomic mass is 9.86. The minimum Gasteiger partial charge on any atom is -0.508 e. The van der Waals surface area contributed by atoms with Gasteiger partial charge in [-0.3, -0.25) is 0 Å². The van der Waals surface area contributed by atoms with Gasteiger partial charge in [0.1, 0.15) is 5.75 Å². The van der Waals surface area contributed by atoms with Crippen molar-refractivity contribution >= 4 is 0 Å². The van der Waals surface area contributed by atoms with Crippen LogP contribution < -0.4 is 5.73 Å². The second-order valence-corrected chi connectivity index (χ2v) is 3.55. The van der Waals surface area contributed by atoms with Crippen LogP contribution in [-0.2, 0) is 12.8 Å². The highest BCUT2D eigenvalue weighted by atomic mass is 16.3. The van der Waals surface area contributed by atoms with E-state index in [-0.39, 0.29) is 11.8 Å². The largest absolute Gasteiger partial charge is 0.508 e. The molecule has 3 nitrogen and oxygen atoms in total. The van der Waals surface area contributed by atoms with E-state index in [0.717, 1.165) is 11.1 Å². The van der Waals surface area contributed by atoms with Gasteiger partial charge >= 0.3 is 0 Å². The van der Waals surface area contributed by atoms with Crippen molar-refractivity contribution in [1.82, 2.24) is 0 Å². The molecule has 1 aromatic carbocycles. The van der Waals surface area contributed by atoms with Gasteiger partial charge in [0, 0.05) is 12.5 Å². The molecule has 4 N–H and O–H groups in total. The molecule has 2 unspecified atom stereocenters. The van der Waals surface area contributed by atoms with Crippen molar-refractivity contribution in [2.24, 2.45) is 5.73 Å². The van der Waals surface area contributed by atoms with Crippen LogP contribution in [0.5, 0.6) is 5.75 Å². The summed E-state index contributed by atoms with van der Waals surface area (Å²) in [5.41, 5.74) is 7.61. The highest BCUT2D eigenvalue weighted by Gasteiger charge is 2.25. The molecule has 1 aliphatic carbocycles. The van der Waals surface area contributed by atoms with Crippen molar-refractivity contribution in [2.45, 2.75) is 25.0 Å². The summed E-state index contributed by atoms with van der Waals surface area (Å²) in [4.78, 5) is 0. The van der Waals surface area contributed by atoms with Gasteiger partial charge in [-0.1, -0.05) is 12.1 Å². The predicted octanol–water partition coefficient (Wildman–Crippen LogP) is 0.179. The minimum atomic E-state index is -0.527. The summed E-state index contributed by atoms with van der Waals surface area (Å²) in [6.07, 6.45) is 0.578. The Morgan fingerprint density at radius 2 is 2.08 bits per heavy atom. The second kappa shape index (κ2) is 3.01. The molecule has 0 bridgehead atoms. The summed E-state index contributed by atoms with van der Waals surface area (Å²) in [7, 11) is 0. The van der Waals surface area contributed by atoms with Crippen LogP contribution in [0, 0.1) is 0 Å². The molecule has 1 aliphatic rings. The van der Waals surface area contributed by atoms with E-state index in [2.05, 4.69) is 0 Å². The van der Waals surface area contributed by atoms with Gasteiger partial charge in [-0.25, -0.2) is 0 Å². The van der Waals surface area contributed by atoms with Gasteiger partial charge in [0.05, 0.1) is 6.10 Å². The fourth-order valence-corrected chi connectivity index (χ4v) is 1.80. The average molecular weight is 179 g/mol. The van der Waals surface area contributed by atoms with Gasteiger partial charge in [-0.2, -0.15) is 0 Å². The van der Waals surface area contributed by atoms with E-state index in [4.69, 9.17) is 5.73 Å². The minimum absolute atomic E-state index is 0.200. The predicted molar refractivity (Wildman–Crippen MR) is 49.5 cm³/mol. The molecule has 0 saturated heterocycles. The number of fused-ring (bicyclic) bond motifs is 1. The summed E-state index contributed by atoms with van der Waals surface area (Å²) >= 11 is 0. The molecule has 1 aromatic rings. The fraction of sp³-hybridized carbons (Fsp3) is 0.400. The Labute approximate surface area is 76.8 Å². The summed E-state index contributed by atoms with van der Waals surface area (Å²) in [6.45, 7) is 0. The van der Waals surface area contributed by atoms with E-state index < -0.39 is 6.10 Å². The number of phenols is 1. The Hall–Kier alpha value is -1.06. The Bertz CT molecular complexity index is 325. The number of nitrogens with two attached hydrogens (primary N) is 1. The first-order valence-electron chi connectivity index (χ1n) is 4.42. The van der Waals surface area contributed by atoms with Crippen LogP contribution in [0.1, 0.15) is 11.1 Å². The Morgan fingerprint density at radius 1 is 1.31 bits per heavy atom. The van der Waals surface area contributed by atoms with Crippen molar-refractivity contribution in [2.75, 3.05) is 0 Å². The van der Waals surface area contributed by atoms with Crippen LogP contribution in [0.2, 0.25) is 0 Å². The molecule has 0 aromatic heterocycles. The van der Waals surface area contributed by atoms with E-state index in [1.807, 2.05) is 6.07 Å². The third-order valence-electron chi connectivity index (χ3n) is 2.61. The molecule has 2 atom stereocenters. The highest BCUT2D eigenvalue weighted by Crippen LogP contribution is 2.28. The van der Waals surface area contributed by atoms with E-state index >= 15 is 0 Å². The van der Waals surface area contributed by atoms with Gasteiger partial charge in [0.15, 0.2) is 0 Å². The average Bonchev–Trinajstić information content (AvgIpc) is 2.09. The maximum atomic E-state index is 9.51. The molecule has 0 radical (unpaired) electrons. The molecule has 0 amide bonds. The van der Waals surface area contributed by atoms with E-state index in [0.29, 0.717) is 12.8 Å². The molecule has 13 heavy (non-hydrogen) atoms. The van der Waals surface area contributed by atoms with Crippen molar-refractivity contribution < 1.29 is 10.2 Å².